The van der Waals surface area contributed by atoms with Crippen LogP contribution in [0.15, 0.2) is 188 Å². The molecular formula is C52H33N. The number of hydrogen-bond acceptors (Lipinski definition) is 1. The highest BCUT2D eigenvalue weighted by Gasteiger charge is 2.31. The second-order valence-corrected chi connectivity index (χ2v) is 14.2. The molecule has 53 heavy (non-hydrogen) atoms. The van der Waals surface area contributed by atoms with E-state index in [-0.39, 0.29) is 0 Å². The molecule has 10 aromatic rings. The van der Waals surface area contributed by atoms with Gasteiger partial charge in [0.1, 0.15) is 0 Å². The van der Waals surface area contributed by atoms with Crippen LogP contribution in [0.3, 0.4) is 0 Å². The summed E-state index contributed by atoms with van der Waals surface area (Å²) < 4.78 is 0. The molecule has 1 aliphatic carbocycles. The number of rotatable bonds is 4. The Hall–Kier alpha value is -6.96. The van der Waals surface area contributed by atoms with Crippen molar-refractivity contribution in [3.63, 3.8) is 0 Å². The summed E-state index contributed by atoms with van der Waals surface area (Å²) in [6, 6.07) is 68.8. The minimum atomic E-state index is 0.774. The van der Waals surface area contributed by atoms with Gasteiger partial charge in [-0.2, -0.15) is 0 Å². The first-order valence-corrected chi connectivity index (χ1v) is 18.3. The summed E-state index contributed by atoms with van der Waals surface area (Å²) in [7, 11) is 0. The van der Waals surface area contributed by atoms with E-state index in [1.165, 1.54) is 104 Å². The average molecular weight is 672 g/mol. The molecule has 0 heterocycles. The summed E-state index contributed by atoms with van der Waals surface area (Å²) >= 11 is 0. The molecule has 0 saturated heterocycles. The Labute approximate surface area is 308 Å². The summed E-state index contributed by atoms with van der Waals surface area (Å²) in [5, 5.41) is 10.1. The Morgan fingerprint density at radius 1 is 0.264 bits per heavy atom. The van der Waals surface area contributed by atoms with Gasteiger partial charge in [-0.15, -0.1) is 0 Å². The largest absolute Gasteiger partial charge is 0.399 e. The van der Waals surface area contributed by atoms with Gasteiger partial charge in [0, 0.05) is 5.69 Å². The molecule has 0 unspecified atom stereocenters. The van der Waals surface area contributed by atoms with Crippen LogP contribution in [-0.2, 0) is 0 Å². The molecule has 0 aromatic heterocycles. The number of fused-ring (bicyclic) bond motifs is 7. The van der Waals surface area contributed by atoms with Crippen LogP contribution in [0.5, 0.6) is 0 Å². The number of hydrogen-bond donors (Lipinski definition) is 1. The van der Waals surface area contributed by atoms with Crippen molar-refractivity contribution in [2.45, 2.75) is 0 Å². The number of anilines is 1. The minimum absolute atomic E-state index is 0.774. The zero-order valence-electron chi connectivity index (χ0n) is 29.0. The molecule has 0 fully saturated rings. The molecule has 0 bridgehead atoms. The van der Waals surface area contributed by atoms with Crippen molar-refractivity contribution in [1.82, 2.24) is 0 Å². The van der Waals surface area contributed by atoms with Crippen LogP contribution in [0, 0.1) is 0 Å². The fourth-order valence-electron chi connectivity index (χ4n) is 9.08. The predicted octanol–water partition coefficient (Wildman–Crippen LogP) is 14.2. The summed E-state index contributed by atoms with van der Waals surface area (Å²) in [6.07, 6.45) is 0. The van der Waals surface area contributed by atoms with Crippen LogP contribution in [-0.4, -0.2) is 0 Å². The van der Waals surface area contributed by atoms with E-state index in [2.05, 4.69) is 176 Å². The average Bonchev–Trinajstić information content (AvgIpc) is 3.55. The standard InChI is InChI=1S/C52H33N/c53-37-18-11-17-34(29-37)46-31-36-26-25-35(30-47(36)40-20-8-7-19-39(40)46)38-27-28-45-50-41(38)23-12-24-44(50)51-48(32-13-3-1-4-14-32)42-21-9-10-22-43(42)49(52(45)51)33-15-5-2-6-16-33/h1-31H,53H2. The van der Waals surface area contributed by atoms with Gasteiger partial charge in [0.25, 0.3) is 0 Å². The van der Waals surface area contributed by atoms with Crippen LogP contribution in [0.1, 0.15) is 0 Å². The van der Waals surface area contributed by atoms with Gasteiger partial charge in [-0.05, 0) is 134 Å². The SMILES string of the molecule is Nc1cccc(-c2cc3ccc(-c4ccc5c6c(cccc46)-c4c-5c(-c5ccccc5)c5ccccc5c4-c4ccccc4)cc3c3ccccc23)c1. The second kappa shape index (κ2) is 11.5. The zero-order chi connectivity index (χ0) is 35.0. The van der Waals surface area contributed by atoms with Crippen molar-refractivity contribution < 1.29 is 0 Å². The predicted molar refractivity (Wildman–Crippen MR) is 227 cm³/mol. The third-order valence-corrected chi connectivity index (χ3v) is 11.3. The van der Waals surface area contributed by atoms with Gasteiger partial charge in [-0.1, -0.05) is 164 Å². The van der Waals surface area contributed by atoms with Gasteiger partial charge in [0.2, 0.25) is 0 Å². The lowest BCUT2D eigenvalue weighted by Gasteiger charge is -2.20. The van der Waals surface area contributed by atoms with Crippen molar-refractivity contribution in [1.29, 1.82) is 0 Å². The van der Waals surface area contributed by atoms with E-state index in [1.54, 1.807) is 0 Å². The van der Waals surface area contributed by atoms with Gasteiger partial charge in [-0.3, -0.25) is 0 Å². The van der Waals surface area contributed by atoms with Gasteiger partial charge < -0.3 is 5.73 Å². The maximum Gasteiger partial charge on any atom is 0.0320 e. The molecule has 1 heteroatoms. The number of nitrogen functional groups attached to an aromatic ring is 1. The summed E-state index contributed by atoms with van der Waals surface area (Å²) in [6.45, 7) is 0. The molecular weight excluding hydrogens is 639 g/mol. The van der Waals surface area contributed by atoms with Crippen molar-refractivity contribution in [2.24, 2.45) is 0 Å². The monoisotopic (exact) mass is 671 g/mol. The lowest BCUT2D eigenvalue weighted by molar-refractivity contribution is 1.62. The summed E-state index contributed by atoms with van der Waals surface area (Å²) in [5.41, 5.74) is 22.1. The zero-order valence-corrected chi connectivity index (χ0v) is 29.0. The van der Waals surface area contributed by atoms with Crippen molar-refractivity contribution in [3.05, 3.63) is 188 Å². The third kappa shape index (κ3) is 4.44. The third-order valence-electron chi connectivity index (χ3n) is 11.3. The van der Waals surface area contributed by atoms with Crippen molar-refractivity contribution in [2.75, 3.05) is 5.73 Å². The van der Waals surface area contributed by atoms with Crippen molar-refractivity contribution in [3.8, 4) is 66.8 Å². The maximum atomic E-state index is 6.24. The first-order valence-electron chi connectivity index (χ1n) is 18.3. The summed E-state index contributed by atoms with van der Waals surface area (Å²) in [5.74, 6) is 0. The minimum Gasteiger partial charge on any atom is -0.399 e. The number of benzene rings is 10. The fourth-order valence-corrected chi connectivity index (χ4v) is 9.08. The van der Waals surface area contributed by atoms with Gasteiger partial charge >= 0.3 is 0 Å². The highest BCUT2D eigenvalue weighted by Crippen LogP contribution is 2.58. The Morgan fingerprint density at radius 3 is 1.47 bits per heavy atom. The van der Waals surface area contributed by atoms with E-state index in [1.807, 2.05) is 12.1 Å². The Morgan fingerprint density at radius 2 is 0.792 bits per heavy atom. The molecule has 0 saturated carbocycles. The molecule has 0 spiro atoms. The van der Waals surface area contributed by atoms with Crippen LogP contribution in [0.4, 0.5) is 5.69 Å². The van der Waals surface area contributed by atoms with E-state index >= 15 is 0 Å². The highest BCUT2D eigenvalue weighted by atomic mass is 14.5. The second-order valence-electron chi connectivity index (χ2n) is 14.2. The Kier molecular flexibility index (Phi) is 6.47. The first kappa shape index (κ1) is 29.7. The van der Waals surface area contributed by atoms with Crippen LogP contribution < -0.4 is 5.73 Å². The van der Waals surface area contributed by atoms with Crippen LogP contribution in [0.25, 0.3) is 110 Å². The molecule has 10 aromatic carbocycles. The van der Waals surface area contributed by atoms with E-state index in [0.717, 1.165) is 11.3 Å². The quantitative estimate of drug-likeness (QED) is 0.146. The molecule has 0 aliphatic heterocycles. The van der Waals surface area contributed by atoms with Gasteiger partial charge in [-0.25, -0.2) is 0 Å². The molecule has 0 amide bonds. The highest BCUT2D eigenvalue weighted by molar-refractivity contribution is 6.29. The molecule has 1 nitrogen and oxygen atoms in total. The molecule has 11 rings (SSSR count). The molecule has 2 N–H and O–H groups in total. The molecule has 0 radical (unpaired) electrons. The normalized spacial score (nSPS) is 11.8. The smallest absolute Gasteiger partial charge is 0.0320 e. The van der Waals surface area contributed by atoms with E-state index in [9.17, 15) is 0 Å². The topological polar surface area (TPSA) is 26.0 Å². The van der Waals surface area contributed by atoms with Gasteiger partial charge in [0.05, 0.1) is 0 Å². The van der Waals surface area contributed by atoms with Crippen LogP contribution >= 0.6 is 0 Å². The number of nitrogens with two attached hydrogens (primary N) is 1. The van der Waals surface area contributed by atoms with Gasteiger partial charge in [0.15, 0.2) is 0 Å². The summed E-state index contributed by atoms with van der Waals surface area (Å²) in [4.78, 5) is 0. The molecule has 1 aliphatic rings. The molecule has 246 valence electrons. The fraction of sp³-hybridized carbons (Fsp3) is 0. The lowest BCUT2D eigenvalue weighted by atomic mass is 9.82. The van der Waals surface area contributed by atoms with Crippen molar-refractivity contribution >= 4 is 48.8 Å². The van der Waals surface area contributed by atoms with E-state index in [4.69, 9.17) is 5.73 Å². The van der Waals surface area contributed by atoms with E-state index in [0.29, 0.717) is 0 Å². The Bertz CT molecular complexity index is 3010. The lowest BCUT2D eigenvalue weighted by Crippen LogP contribution is -1.93. The maximum absolute atomic E-state index is 6.24. The van der Waals surface area contributed by atoms with E-state index < -0.39 is 0 Å². The Balaban J connectivity index is 1.19. The molecule has 0 atom stereocenters. The van der Waals surface area contributed by atoms with Crippen LogP contribution in [0.2, 0.25) is 0 Å². The first-order chi connectivity index (χ1) is 26.2.